The van der Waals surface area contributed by atoms with Crippen molar-refractivity contribution in [1.29, 1.82) is 0 Å². The number of aromatic nitrogens is 6. The van der Waals surface area contributed by atoms with Gasteiger partial charge in [-0.1, -0.05) is 243 Å². The first-order valence-electron chi connectivity index (χ1n) is 28.4. The Morgan fingerprint density at radius 3 is 0.940 bits per heavy atom. The Morgan fingerprint density at radius 1 is 0.214 bits per heavy atom. The molecule has 0 saturated heterocycles. The number of nitrogens with zero attached hydrogens (tertiary/aromatic N) is 6. The number of imidazole rings is 2. The summed E-state index contributed by atoms with van der Waals surface area (Å²) in [4.78, 5) is 21.6. The predicted molar refractivity (Wildman–Crippen MR) is 347 cm³/mol. The largest absolute Gasteiger partial charge is 0.292 e. The van der Waals surface area contributed by atoms with Crippen LogP contribution in [0.15, 0.2) is 303 Å². The SMILES string of the molecule is c1ccc(-n2c(-c3ccc(-c4ccc(-c5nc6cc(-c7cccc8ccccc78)c(-c7cccc8ccccc78)cc6nc5-c5ccc(-c6ccc(-c7nc8ccccc8n7-c7ccccc7)cc6)cc5)cc4)cc3)nc3ccccc32)cc1. The quantitative estimate of drug-likeness (QED) is 0.137. The summed E-state index contributed by atoms with van der Waals surface area (Å²) in [7, 11) is 0. The Balaban J connectivity index is 0.809. The Labute approximate surface area is 485 Å². The van der Waals surface area contributed by atoms with E-state index in [4.69, 9.17) is 19.9 Å². The minimum absolute atomic E-state index is 0.810. The van der Waals surface area contributed by atoms with Gasteiger partial charge in [0, 0.05) is 33.6 Å². The number of fused-ring (bicyclic) bond motifs is 5. The van der Waals surface area contributed by atoms with Gasteiger partial charge in [0.2, 0.25) is 0 Å². The van der Waals surface area contributed by atoms with Gasteiger partial charge in [0.25, 0.3) is 0 Å². The van der Waals surface area contributed by atoms with Crippen molar-refractivity contribution in [3.05, 3.63) is 303 Å². The lowest BCUT2D eigenvalue weighted by Crippen LogP contribution is -1.98. The van der Waals surface area contributed by atoms with Crippen molar-refractivity contribution in [1.82, 2.24) is 29.1 Å². The molecule has 13 aromatic carbocycles. The first-order chi connectivity index (χ1) is 41.6. The number of hydrogen-bond acceptors (Lipinski definition) is 4. The molecule has 0 radical (unpaired) electrons. The molecule has 0 aliphatic heterocycles. The van der Waals surface area contributed by atoms with E-state index in [1.807, 2.05) is 24.3 Å². The molecule has 0 atom stereocenters. The van der Waals surface area contributed by atoms with Gasteiger partial charge in [-0.2, -0.15) is 0 Å². The van der Waals surface area contributed by atoms with Crippen LogP contribution in [0.1, 0.15) is 0 Å². The van der Waals surface area contributed by atoms with E-state index in [9.17, 15) is 0 Å². The average Bonchev–Trinajstić information content (AvgIpc) is 1.99. The highest BCUT2D eigenvalue weighted by Gasteiger charge is 2.21. The third-order valence-corrected chi connectivity index (χ3v) is 16.4. The maximum Gasteiger partial charge on any atom is 0.145 e. The molecule has 3 heterocycles. The van der Waals surface area contributed by atoms with Crippen molar-refractivity contribution in [2.75, 3.05) is 0 Å². The lowest BCUT2D eigenvalue weighted by Gasteiger charge is -2.17. The third kappa shape index (κ3) is 8.52. The number of rotatable bonds is 10. The van der Waals surface area contributed by atoms with E-state index in [0.717, 1.165) is 134 Å². The summed E-state index contributed by atoms with van der Waals surface area (Å²) in [6.07, 6.45) is 0. The summed E-state index contributed by atoms with van der Waals surface area (Å²) in [5.74, 6) is 1.81. The van der Waals surface area contributed by atoms with Crippen LogP contribution in [0.4, 0.5) is 0 Å². The molecule has 0 unspecified atom stereocenters. The van der Waals surface area contributed by atoms with Crippen molar-refractivity contribution in [2.24, 2.45) is 0 Å². The minimum atomic E-state index is 0.810. The molecule has 0 bridgehead atoms. The van der Waals surface area contributed by atoms with Gasteiger partial charge < -0.3 is 0 Å². The van der Waals surface area contributed by atoms with Crippen LogP contribution < -0.4 is 0 Å². The van der Waals surface area contributed by atoms with Crippen LogP contribution in [-0.4, -0.2) is 29.1 Å². The van der Waals surface area contributed by atoms with Gasteiger partial charge in [0.05, 0.1) is 44.5 Å². The van der Waals surface area contributed by atoms with Crippen molar-refractivity contribution >= 4 is 54.6 Å². The van der Waals surface area contributed by atoms with Crippen molar-refractivity contribution in [3.8, 4) is 101 Å². The van der Waals surface area contributed by atoms with Gasteiger partial charge in [-0.05, 0) is 127 Å². The van der Waals surface area contributed by atoms with Crippen LogP contribution >= 0.6 is 0 Å². The number of hydrogen-bond donors (Lipinski definition) is 0. The van der Waals surface area contributed by atoms with Crippen LogP contribution in [0, 0.1) is 0 Å². The summed E-state index contributed by atoms with van der Waals surface area (Å²) in [5, 5.41) is 4.74. The lowest BCUT2D eigenvalue weighted by molar-refractivity contribution is 1.10. The Morgan fingerprint density at radius 2 is 0.536 bits per heavy atom. The Bertz CT molecular complexity index is 4810. The van der Waals surface area contributed by atoms with Gasteiger partial charge in [-0.25, -0.2) is 19.9 Å². The van der Waals surface area contributed by atoms with E-state index in [2.05, 4.69) is 288 Å². The van der Waals surface area contributed by atoms with Crippen molar-refractivity contribution in [2.45, 2.75) is 0 Å². The zero-order valence-electron chi connectivity index (χ0n) is 45.6. The molecule has 0 saturated carbocycles. The summed E-state index contributed by atoms with van der Waals surface area (Å²) < 4.78 is 4.49. The molecule has 0 aliphatic carbocycles. The fraction of sp³-hybridized carbons (Fsp3) is 0. The van der Waals surface area contributed by atoms with E-state index in [1.54, 1.807) is 0 Å². The maximum absolute atomic E-state index is 5.67. The van der Waals surface area contributed by atoms with Crippen molar-refractivity contribution < 1.29 is 0 Å². The fourth-order valence-electron chi connectivity index (χ4n) is 12.3. The van der Waals surface area contributed by atoms with E-state index in [1.165, 1.54) is 21.5 Å². The van der Waals surface area contributed by atoms with Crippen LogP contribution in [0.3, 0.4) is 0 Å². The summed E-state index contributed by atoms with van der Waals surface area (Å²) in [6, 6.07) is 108. The van der Waals surface area contributed by atoms with E-state index >= 15 is 0 Å². The summed E-state index contributed by atoms with van der Waals surface area (Å²) in [6.45, 7) is 0. The fourth-order valence-corrected chi connectivity index (χ4v) is 12.3. The first-order valence-corrected chi connectivity index (χ1v) is 28.4. The highest BCUT2D eigenvalue weighted by molar-refractivity contribution is 6.08. The standard InChI is InChI=1S/C78H50N6/c1-3-21-61(22-4-1)83-73-31-13-11-29-69(73)81-77(83)59-45-37-53(38-46-59)51-33-41-57(42-34-51)75-76(58-43-35-52(36-44-58)54-39-47-60(48-40-54)78-82-70-30-12-14-32-74(70)84(78)62-23-5-2-6-24-62)80-72-50-68(66-28-16-20-56-18-8-10-26-64(56)66)67(49-71(72)79-75)65-27-15-19-55-17-7-9-25-63(55)65/h1-50H. The van der Waals surface area contributed by atoms with Crippen LogP contribution in [0.2, 0.25) is 0 Å². The van der Waals surface area contributed by atoms with E-state index < -0.39 is 0 Å². The molecular weight excluding hydrogens is 1020 g/mol. The monoisotopic (exact) mass is 1070 g/mol. The average molecular weight is 1070 g/mol. The molecule has 0 amide bonds. The minimum Gasteiger partial charge on any atom is -0.292 e. The van der Waals surface area contributed by atoms with Crippen LogP contribution in [0.25, 0.3) is 156 Å². The van der Waals surface area contributed by atoms with E-state index in [-0.39, 0.29) is 0 Å². The maximum atomic E-state index is 5.67. The molecule has 0 aliphatic rings. The second-order valence-electron chi connectivity index (χ2n) is 21.4. The zero-order chi connectivity index (χ0) is 55.5. The third-order valence-electron chi connectivity index (χ3n) is 16.4. The second-order valence-corrected chi connectivity index (χ2v) is 21.4. The van der Waals surface area contributed by atoms with Crippen LogP contribution in [-0.2, 0) is 0 Å². The smallest absolute Gasteiger partial charge is 0.145 e. The zero-order valence-corrected chi connectivity index (χ0v) is 45.6. The topological polar surface area (TPSA) is 61.4 Å². The predicted octanol–water partition coefficient (Wildman–Crippen LogP) is 20.0. The highest BCUT2D eigenvalue weighted by Crippen LogP contribution is 2.43. The molecule has 392 valence electrons. The highest BCUT2D eigenvalue weighted by atomic mass is 15.1. The molecule has 6 heteroatoms. The molecule has 16 rings (SSSR count). The molecule has 3 aromatic heterocycles. The molecular formula is C78H50N6. The van der Waals surface area contributed by atoms with E-state index in [0.29, 0.717) is 0 Å². The summed E-state index contributed by atoms with van der Waals surface area (Å²) in [5.41, 5.74) is 22.4. The lowest BCUT2D eigenvalue weighted by atomic mass is 9.88. The van der Waals surface area contributed by atoms with Crippen LogP contribution in [0.5, 0.6) is 0 Å². The Kier molecular flexibility index (Phi) is 11.8. The van der Waals surface area contributed by atoms with Gasteiger partial charge in [-0.15, -0.1) is 0 Å². The molecule has 0 fully saturated rings. The molecule has 16 aromatic rings. The van der Waals surface area contributed by atoms with Gasteiger partial charge in [-0.3, -0.25) is 9.13 Å². The number of para-hydroxylation sites is 6. The van der Waals surface area contributed by atoms with Gasteiger partial charge in [0.15, 0.2) is 0 Å². The number of benzene rings is 13. The van der Waals surface area contributed by atoms with Gasteiger partial charge in [0.1, 0.15) is 11.6 Å². The molecule has 0 spiro atoms. The normalized spacial score (nSPS) is 11.6. The molecule has 6 nitrogen and oxygen atoms in total. The molecule has 0 N–H and O–H groups in total. The van der Waals surface area contributed by atoms with Gasteiger partial charge >= 0.3 is 0 Å². The first kappa shape index (κ1) is 48.6. The summed E-state index contributed by atoms with van der Waals surface area (Å²) >= 11 is 0. The molecule has 84 heavy (non-hydrogen) atoms. The Hall–Kier alpha value is -11.3. The van der Waals surface area contributed by atoms with Crippen molar-refractivity contribution in [3.63, 3.8) is 0 Å². The second kappa shape index (κ2) is 20.3.